The molecule has 0 saturated heterocycles. The van der Waals surface area contributed by atoms with E-state index in [9.17, 15) is 9.59 Å². The van der Waals surface area contributed by atoms with Gasteiger partial charge in [-0.1, -0.05) is 0 Å². The normalized spacial score (nSPS) is 23.8. The smallest absolute Gasteiger partial charge is 0.408 e. The highest BCUT2D eigenvalue weighted by molar-refractivity contribution is 6.28. The minimum Gasteiger partial charge on any atom is -0.444 e. The Morgan fingerprint density at radius 3 is 2.69 bits per heavy atom. The molecule has 2 heterocycles. The number of amides is 1. The summed E-state index contributed by atoms with van der Waals surface area (Å²) in [6.45, 7) is 7.51. The van der Waals surface area contributed by atoms with Gasteiger partial charge in [-0.25, -0.2) is 14.6 Å². The minimum atomic E-state index is -0.534. The van der Waals surface area contributed by atoms with Gasteiger partial charge in [0.05, 0.1) is 6.20 Å². The van der Waals surface area contributed by atoms with Gasteiger partial charge in [-0.05, 0) is 65.0 Å². The van der Waals surface area contributed by atoms with Gasteiger partial charge in [0.2, 0.25) is 5.28 Å². The maximum absolute atomic E-state index is 12.4. The number of halogens is 1. The lowest BCUT2D eigenvalue weighted by molar-refractivity contribution is 0.0427. The predicted molar refractivity (Wildman–Crippen MR) is 98.4 cm³/mol. The van der Waals surface area contributed by atoms with Gasteiger partial charge in [-0.2, -0.15) is 4.98 Å². The molecule has 0 unspecified atom stereocenters. The maximum atomic E-state index is 12.4. The molecule has 0 aromatic carbocycles. The fraction of sp³-hybridized carbons (Fsp3) is 0.647. The van der Waals surface area contributed by atoms with E-state index in [2.05, 4.69) is 20.3 Å². The van der Waals surface area contributed by atoms with Crippen LogP contribution in [0.25, 0.3) is 11.2 Å². The fourth-order valence-electron chi connectivity index (χ4n) is 3.41. The first kappa shape index (κ1) is 18.7. The Bertz CT molecular complexity index is 875. The van der Waals surface area contributed by atoms with Crippen LogP contribution >= 0.6 is 11.6 Å². The van der Waals surface area contributed by atoms with Crippen LogP contribution in [0.15, 0.2) is 11.0 Å². The number of hydrogen-bond donors (Lipinski definition) is 2. The number of rotatable bonds is 2. The van der Waals surface area contributed by atoms with Crippen LogP contribution in [0.5, 0.6) is 0 Å². The second-order valence-corrected chi connectivity index (χ2v) is 8.43. The molecule has 0 spiro atoms. The van der Waals surface area contributed by atoms with Gasteiger partial charge in [0, 0.05) is 11.6 Å². The van der Waals surface area contributed by atoms with Crippen molar-refractivity contribution < 1.29 is 9.53 Å². The number of nitrogens with zero attached hydrogens (tertiary/aromatic N) is 3. The Balaban J connectivity index is 1.73. The summed E-state index contributed by atoms with van der Waals surface area (Å²) in [5.41, 5.74) is -0.0246. The van der Waals surface area contributed by atoms with E-state index in [1.807, 2.05) is 27.7 Å². The summed E-state index contributed by atoms with van der Waals surface area (Å²) in [5, 5.41) is 3.08. The number of imidazole rings is 1. The van der Waals surface area contributed by atoms with E-state index in [0.717, 1.165) is 25.7 Å². The van der Waals surface area contributed by atoms with Crippen molar-refractivity contribution in [2.45, 2.75) is 70.6 Å². The number of H-pyrrole nitrogens is 1. The van der Waals surface area contributed by atoms with Crippen LogP contribution in [-0.4, -0.2) is 36.8 Å². The van der Waals surface area contributed by atoms with Crippen LogP contribution in [-0.2, 0) is 4.74 Å². The SMILES string of the molecule is CC1(NC(=O)OC(C)(C)C)CCC(n2c(=O)[nH]c3cnc(Cl)nc32)CC1. The van der Waals surface area contributed by atoms with Crippen LogP contribution in [0.3, 0.4) is 0 Å². The van der Waals surface area contributed by atoms with Crippen LogP contribution in [0.4, 0.5) is 4.79 Å². The first-order valence-electron chi connectivity index (χ1n) is 8.70. The Labute approximate surface area is 156 Å². The number of alkyl carbamates (subject to hydrolysis) is 1. The second-order valence-electron chi connectivity index (χ2n) is 8.10. The number of carbonyl (C=O) groups excluding carboxylic acids is 1. The number of ether oxygens (including phenoxy) is 1. The molecule has 1 amide bonds. The van der Waals surface area contributed by atoms with Crippen LogP contribution < -0.4 is 11.0 Å². The molecule has 0 radical (unpaired) electrons. The molecule has 2 aromatic heterocycles. The number of aromatic nitrogens is 4. The molecule has 2 aromatic rings. The van der Waals surface area contributed by atoms with E-state index in [0.29, 0.717) is 11.2 Å². The Kier molecular flexibility index (Phi) is 4.72. The van der Waals surface area contributed by atoms with Gasteiger partial charge in [0.15, 0.2) is 5.65 Å². The zero-order valence-corrected chi connectivity index (χ0v) is 16.2. The lowest BCUT2D eigenvalue weighted by Crippen LogP contribution is -2.50. The Morgan fingerprint density at radius 1 is 1.42 bits per heavy atom. The standard InChI is InChI=1S/C17H24ClN5O3/c1-16(2,3)26-15(25)22-17(4)7-5-10(6-8-17)23-12-11(20-14(23)24)9-19-13(18)21-12/h9-10H,5-8H2,1-4H3,(H,20,24)(H,22,25). The van der Waals surface area contributed by atoms with E-state index in [1.54, 1.807) is 4.57 Å². The summed E-state index contributed by atoms with van der Waals surface area (Å²) in [6, 6.07) is -0.00396. The summed E-state index contributed by atoms with van der Waals surface area (Å²) >= 11 is 5.88. The van der Waals surface area contributed by atoms with Gasteiger partial charge in [0.1, 0.15) is 11.1 Å². The monoisotopic (exact) mass is 381 g/mol. The van der Waals surface area contributed by atoms with Crippen molar-refractivity contribution in [3.63, 3.8) is 0 Å². The summed E-state index contributed by atoms with van der Waals surface area (Å²) in [4.78, 5) is 35.3. The van der Waals surface area contributed by atoms with Gasteiger partial charge in [-0.3, -0.25) is 4.57 Å². The van der Waals surface area contributed by atoms with Gasteiger partial charge in [-0.15, -0.1) is 0 Å². The van der Waals surface area contributed by atoms with Crippen molar-refractivity contribution in [1.29, 1.82) is 0 Å². The average molecular weight is 382 g/mol. The number of aromatic amines is 1. The molecule has 1 aliphatic rings. The average Bonchev–Trinajstić information content (AvgIpc) is 2.81. The van der Waals surface area contributed by atoms with Gasteiger partial charge in [0.25, 0.3) is 0 Å². The zero-order chi connectivity index (χ0) is 19.1. The number of carbonyl (C=O) groups is 1. The fourth-order valence-corrected chi connectivity index (χ4v) is 3.54. The molecular formula is C17H24ClN5O3. The van der Waals surface area contributed by atoms with Gasteiger partial charge < -0.3 is 15.0 Å². The molecule has 1 aliphatic carbocycles. The highest BCUT2D eigenvalue weighted by Crippen LogP contribution is 2.35. The molecule has 0 aliphatic heterocycles. The highest BCUT2D eigenvalue weighted by atomic mass is 35.5. The topological polar surface area (TPSA) is 102 Å². The molecular weight excluding hydrogens is 358 g/mol. The molecule has 1 saturated carbocycles. The second kappa shape index (κ2) is 6.57. The van der Waals surface area contributed by atoms with Crippen LogP contribution in [0.2, 0.25) is 5.28 Å². The van der Waals surface area contributed by atoms with E-state index < -0.39 is 11.7 Å². The third kappa shape index (κ3) is 4.00. The van der Waals surface area contributed by atoms with Crippen LogP contribution in [0.1, 0.15) is 59.4 Å². The molecule has 2 N–H and O–H groups in total. The van der Waals surface area contributed by atoms with Crippen molar-refractivity contribution in [2.75, 3.05) is 0 Å². The molecule has 9 heteroatoms. The molecule has 1 fully saturated rings. The van der Waals surface area contributed by atoms with E-state index >= 15 is 0 Å². The third-order valence-electron chi connectivity index (χ3n) is 4.65. The Morgan fingerprint density at radius 2 is 2.08 bits per heavy atom. The first-order valence-corrected chi connectivity index (χ1v) is 9.08. The van der Waals surface area contributed by atoms with Crippen molar-refractivity contribution in [1.82, 2.24) is 24.8 Å². The van der Waals surface area contributed by atoms with Crippen molar-refractivity contribution in [3.05, 3.63) is 22.0 Å². The van der Waals surface area contributed by atoms with E-state index in [1.165, 1.54) is 6.20 Å². The first-order chi connectivity index (χ1) is 12.1. The number of hydrogen-bond acceptors (Lipinski definition) is 5. The Hall–Kier alpha value is -2.09. The van der Waals surface area contributed by atoms with E-state index in [-0.39, 0.29) is 22.6 Å². The molecule has 0 bridgehead atoms. The largest absolute Gasteiger partial charge is 0.444 e. The predicted octanol–water partition coefficient (Wildman–Crippen LogP) is 3.17. The molecule has 0 atom stereocenters. The summed E-state index contributed by atoms with van der Waals surface area (Å²) in [7, 11) is 0. The molecule has 8 nitrogen and oxygen atoms in total. The molecule has 142 valence electrons. The lowest BCUT2D eigenvalue weighted by Gasteiger charge is -2.38. The van der Waals surface area contributed by atoms with Crippen LogP contribution in [0, 0.1) is 0 Å². The summed E-state index contributed by atoms with van der Waals surface area (Å²) in [6.07, 6.45) is 4.03. The van der Waals surface area contributed by atoms with Gasteiger partial charge >= 0.3 is 11.8 Å². The van der Waals surface area contributed by atoms with Crippen molar-refractivity contribution >= 4 is 28.9 Å². The molecule has 26 heavy (non-hydrogen) atoms. The molecule has 3 rings (SSSR count). The maximum Gasteiger partial charge on any atom is 0.408 e. The van der Waals surface area contributed by atoms with Crippen molar-refractivity contribution in [3.8, 4) is 0 Å². The minimum absolute atomic E-state index is 0.00396. The van der Waals surface area contributed by atoms with E-state index in [4.69, 9.17) is 16.3 Å². The lowest BCUT2D eigenvalue weighted by atomic mass is 9.81. The quantitative estimate of drug-likeness (QED) is 0.778. The zero-order valence-electron chi connectivity index (χ0n) is 15.4. The summed E-state index contributed by atoms with van der Waals surface area (Å²) in [5.74, 6) is 0. The number of nitrogens with one attached hydrogen (secondary N) is 2. The third-order valence-corrected chi connectivity index (χ3v) is 4.84. The number of fused-ring (bicyclic) bond motifs is 1. The van der Waals surface area contributed by atoms with Crippen molar-refractivity contribution in [2.24, 2.45) is 0 Å². The highest BCUT2D eigenvalue weighted by Gasteiger charge is 2.35. The summed E-state index contributed by atoms with van der Waals surface area (Å²) < 4.78 is 7.00.